The topological polar surface area (TPSA) is 52.6 Å². The minimum absolute atomic E-state index is 0.174. The summed E-state index contributed by atoms with van der Waals surface area (Å²) < 4.78 is 13.0. The Kier molecular flexibility index (Phi) is 5.34. The molecule has 1 fully saturated rings. The molecule has 2 aromatic carbocycles. The van der Waals surface area contributed by atoms with Crippen molar-refractivity contribution in [1.29, 1.82) is 0 Å². The monoisotopic (exact) mass is 342 g/mol. The lowest BCUT2D eigenvalue weighted by atomic mass is 10.1. The molecule has 1 saturated carbocycles. The number of urea groups is 1. The molecule has 0 heterocycles. The molecule has 0 radical (unpaired) electrons. The Morgan fingerprint density at radius 3 is 2.44 bits per heavy atom. The highest BCUT2D eigenvalue weighted by molar-refractivity contribution is 5.75. The van der Waals surface area contributed by atoms with E-state index < -0.39 is 6.10 Å². The summed E-state index contributed by atoms with van der Waals surface area (Å²) in [7, 11) is 0. The Morgan fingerprint density at radius 1 is 1.20 bits per heavy atom. The average molecular weight is 342 g/mol. The van der Waals surface area contributed by atoms with Gasteiger partial charge in [0.25, 0.3) is 0 Å². The third kappa shape index (κ3) is 4.79. The van der Waals surface area contributed by atoms with Crippen molar-refractivity contribution in [1.82, 2.24) is 10.2 Å². The van der Waals surface area contributed by atoms with Crippen LogP contribution in [0.25, 0.3) is 0 Å². The maximum absolute atomic E-state index is 13.0. The lowest BCUT2D eigenvalue weighted by Crippen LogP contribution is -2.43. The number of hydrogen-bond acceptors (Lipinski definition) is 2. The molecule has 1 unspecified atom stereocenters. The second-order valence-electron chi connectivity index (χ2n) is 6.60. The number of rotatable bonds is 6. The van der Waals surface area contributed by atoms with Crippen molar-refractivity contribution < 1.29 is 14.3 Å². The third-order valence-corrected chi connectivity index (χ3v) is 4.44. The second kappa shape index (κ2) is 7.66. The van der Waals surface area contributed by atoms with Crippen molar-refractivity contribution in [2.24, 2.45) is 0 Å². The van der Waals surface area contributed by atoms with E-state index in [-0.39, 0.29) is 24.4 Å². The first-order valence-electron chi connectivity index (χ1n) is 8.56. The number of nitrogens with one attached hydrogen (secondary N) is 1. The molecule has 0 aromatic heterocycles. The van der Waals surface area contributed by atoms with Gasteiger partial charge in [-0.25, -0.2) is 9.18 Å². The van der Waals surface area contributed by atoms with Crippen LogP contribution < -0.4 is 5.32 Å². The number of aryl methyl sites for hydroxylation is 1. The van der Waals surface area contributed by atoms with Crippen LogP contribution in [0.4, 0.5) is 9.18 Å². The van der Waals surface area contributed by atoms with E-state index >= 15 is 0 Å². The fourth-order valence-electron chi connectivity index (χ4n) is 2.75. The summed E-state index contributed by atoms with van der Waals surface area (Å²) in [5, 5.41) is 13.3. The molecule has 4 nitrogen and oxygen atoms in total. The van der Waals surface area contributed by atoms with Gasteiger partial charge >= 0.3 is 6.03 Å². The van der Waals surface area contributed by atoms with E-state index in [4.69, 9.17) is 0 Å². The first-order valence-corrected chi connectivity index (χ1v) is 8.56. The summed E-state index contributed by atoms with van der Waals surface area (Å²) in [6.07, 6.45) is 1.08. The standard InChI is InChI=1S/C20H23FN2O2/c1-14-2-4-15(5-3-14)12-22-20(25)23(18-10-11-18)13-19(24)16-6-8-17(21)9-7-16/h2-9,18-19,24H,10-13H2,1H3,(H,22,25). The van der Waals surface area contributed by atoms with Gasteiger partial charge in [0.1, 0.15) is 5.82 Å². The van der Waals surface area contributed by atoms with Crippen molar-refractivity contribution in [3.8, 4) is 0 Å². The molecule has 0 bridgehead atoms. The largest absolute Gasteiger partial charge is 0.387 e. The quantitative estimate of drug-likeness (QED) is 0.844. The average Bonchev–Trinajstić information content (AvgIpc) is 3.44. The zero-order valence-corrected chi connectivity index (χ0v) is 14.3. The summed E-state index contributed by atoms with van der Waals surface area (Å²) in [5.74, 6) is -0.342. The van der Waals surface area contributed by atoms with Crippen molar-refractivity contribution in [3.05, 3.63) is 71.0 Å². The SMILES string of the molecule is Cc1ccc(CNC(=O)N(CC(O)c2ccc(F)cc2)C2CC2)cc1. The predicted molar refractivity (Wildman–Crippen MR) is 94.5 cm³/mol. The molecular weight excluding hydrogens is 319 g/mol. The first kappa shape index (κ1) is 17.4. The van der Waals surface area contributed by atoms with E-state index in [2.05, 4.69) is 5.32 Å². The van der Waals surface area contributed by atoms with Crippen LogP contribution in [0.1, 0.15) is 35.6 Å². The van der Waals surface area contributed by atoms with Gasteiger partial charge in [-0.3, -0.25) is 0 Å². The van der Waals surface area contributed by atoms with Crippen molar-refractivity contribution in [2.75, 3.05) is 6.54 Å². The van der Waals surface area contributed by atoms with Crippen LogP contribution >= 0.6 is 0 Å². The summed E-state index contributed by atoms with van der Waals surface area (Å²) in [5.41, 5.74) is 2.82. The number of benzene rings is 2. The lowest BCUT2D eigenvalue weighted by Gasteiger charge is -2.26. The molecule has 2 N–H and O–H groups in total. The normalized spacial score (nSPS) is 14.8. The zero-order chi connectivity index (χ0) is 17.8. The van der Waals surface area contributed by atoms with E-state index in [9.17, 15) is 14.3 Å². The molecule has 132 valence electrons. The van der Waals surface area contributed by atoms with E-state index in [0.717, 1.165) is 18.4 Å². The molecule has 0 spiro atoms. The Hall–Kier alpha value is -2.40. The number of carbonyl (C=O) groups excluding carboxylic acids is 1. The summed E-state index contributed by atoms with van der Waals surface area (Å²) in [6, 6.07) is 13.7. The molecule has 2 amide bonds. The summed E-state index contributed by atoms with van der Waals surface area (Å²) in [6.45, 7) is 2.68. The molecule has 1 aliphatic carbocycles. The van der Waals surface area contributed by atoms with Crippen LogP contribution in [0.3, 0.4) is 0 Å². The number of aliphatic hydroxyl groups excluding tert-OH is 1. The van der Waals surface area contributed by atoms with E-state index in [1.54, 1.807) is 17.0 Å². The van der Waals surface area contributed by atoms with E-state index in [0.29, 0.717) is 12.1 Å². The molecule has 3 rings (SSSR count). The molecule has 1 atom stereocenters. The Morgan fingerprint density at radius 2 is 1.84 bits per heavy atom. The summed E-state index contributed by atoms with van der Waals surface area (Å²) >= 11 is 0. The molecule has 1 aliphatic rings. The van der Waals surface area contributed by atoms with Crippen molar-refractivity contribution in [2.45, 2.75) is 38.5 Å². The molecule has 5 heteroatoms. The maximum Gasteiger partial charge on any atom is 0.318 e. The van der Waals surface area contributed by atoms with Crippen LogP contribution in [0, 0.1) is 12.7 Å². The fourth-order valence-corrected chi connectivity index (χ4v) is 2.75. The second-order valence-corrected chi connectivity index (χ2v) is 6.60. The Bertz CT molecular complexity index is 711. The number of carbonyl (C=O) groups is 1. The lowest BCUT2D eigenvalue weighted by molar-refractivity contribution is 0.117. The molecule has 2 aromatic rings. The highest BCUT2D eigenvalue weighted by Gasteiger charge is 2.33. The predicted octanol–water partition coefficient (Wildman–Crippen LogP) is 3.54. The van der Waals surface area contributed by atoms with Gasteiger partial charge < -0.3 is 15.3 Å². The minimum Gasteiger partial charge on any atom is -0.387 e. The van der Waals surface area contributed by atoms with E-state index in [1.807, 2.05) is 31.2 Å². The third-order valence-electron chi connectivity index (χ3n) is 4.44. The molecule has 25 heavy (non-hydrogen) atoms. The smallest absolute Gasteiger partial charge is 0.318 e. The molecule has 0 saturated heterocycles. The fraction of sp³-hybridized carbons (Fsp3) is 0.350. The first-order chi connectivity index (χ1) is 12.0. The van der Waals surface area contributed by atoms with Gasteiger partial charge in [-0.05, 0) is 43.0 Å². The number of halogens is 1. The van der Waals surface area contributed by atoms with Crippen LogP contribution in [0.2, 0.25) is 0 Å². The summed E-state index contributed by atoms with van der Waals surface area (Å²) in [4.78, 5) is 14.2. The van der Waals surface area contributed by atoms with Gasteiger partial charge in [0.05, 0.1) is 12.6 Å². The van der Waals surface area contributed by atoms with Crippen molar-refractivity contribution >= 4 is 6.03 Å². The van der Waals surface area contributed by atoms with Crippen LogP contribution in [-0.4, -0.2) is 28.6 Å². The van der Waals surface area contributed by atoms with Crippen LogP contribution in [0.5, 0.6) is 0 Å². The van der Waals surface area contributed by atoms with Gasteiger partial charge in [-0.15, -0.1) is 0 Å². The number of nitrogens with zero attached hydrogens (tertiary/aromatic N) is 1. The van der Waals surface area contributed by atoms with Gasteiger partial charge in [0.15, 0.2) is 0 Å². The number of amides is 2. The Balaban J connectivity index is 1.59. The minimum atomic E-state index is -0.827. The number of aliphatic hydroxyl groups is 1. The highest BCUT2D eigenvalue weighted by atomic mass is 19.1. The van der Waals surface area contributed by atoms with Gasteiger partial charge in [0.2, 0.25) is 0 Å². The van der Waals surface area contributed by atoms with Crippen LogP contribution in [-0.2, 0) is 6.54 Å². The van der Waals surface area contributed by atoms with Gasteiger partial charge in [-0.2, -0.15) is 0 Å². The molecule has 0 aliphatic heterocycles. The number of hydrogen-bond donors (Lipinski definition) is 2. The van der Waals surface area contributed by atoms with E-state index in [1.165, 1.54) is 17.7 Å². The van der Waals surface area contributed by atoms with Gasteiger partial charge in [0, 0.05) is 12.6 Å². The van der Waals surface area contributed by atoms with Crippen molar-refractivity contribution in [3.63, 3.8) is 0 Å². The molecular formula is C20H23FN2O2. The highest BCUT2D eigenvalue weighted by Crippen LogP contribution is 2.29. The maximum atomic E-state index is 13.0. The van der Waals surface area contributed by atoms with Crippen LogP contribution in [0.15, 0.2) is 48.5 Å². The van der Waals surface area contributed by atoms with Gasteiger partial charge in [-0.1, -0.05) is 42.0 Å². The Labute approximate surface area is 147 Å². The zero-order valence-electron chi connectivity index (χ0n) is 14.3.